The van der Waals surface area contributed by atoms with Crippen LogP contribution in [0.1, 0.15) is 16.7 Å². The van der Waals surface area contributed by atoms with Gasteiger partial charge in [-0.3, -0.25) is 0 Å². The number of rotatable bonds is 4. The quantitative estimate of drug-likeness (QED) is 0.789. The lowest BCUT2D eigenvalue weighted by molar-refractivity contribution is 0.627. The van der Waals surface area contributed by atoms with Crippen molar-refractivity contribution < 1.29 is 4.39 Å². The normalized spacial score (nSPS) is 10.5. The van der Waals surface area contributed by atoms with E-state index in [1.807, 2.05) is 24.9 Å². The van der Waals surface area contributed by atoms with Crippen LogP contribution < -0.4 is 4.90 Å². The maximum absolute atomic E-state index is 12.9. The van der Waals surface area contributed by atoms with Crippen molar-refractivity contribution in [3.05, 3.63) is 59.0 Å². The Labute approximate surface area is 117 Å². The number of aromatic nitrogens is 1. The van der Waals surface area contributed by atoms with Crippen LogP contribution in [0.4, 0.5) is 10.2 Å². The summed E-state index contributed by atoms with van der Waals surface area (Å²) < 4.78 is 12.9. The Kier molecular flexibility index (Phi) is 4.38. The van der Waals surface area contributed by atoms with Gasteiger partial charge in [0.15, 0.2) is 0 Å². The summed E-state index contributed by atoms with van der Waals surface area (Å²) in [6.07, 6.45) is 1.79. The lowest BCUT2D eigenvalue weighted by Crippen LogP contribution is -2.18. The third kappa shape index (κ3) is 3.44. The molecule has 0 unspecified atom stereocenters. The van der Waals surface area contributed by atoms with Crippen molar-refractivity contribution in [3.8, 4) is 0 Å². The molecule has 0 radical (unpaired) electrons. The van der Waals surface area contributed by atoms with Gasteiger partial charge in [0.2, 0.25) is 0 Å². The maximum Gasteiger partial charge on any atom is 0.131 e. The zero-order valence-electron chi connectivity index (χ0n) is 11.0. The molecule has 100 valence electrons. The van der Waals surface area contributed by atoms with Gasteiger partial charge in [0.05, 0.1) is 0 Å². The fourth-order valence-corrected chi connectivity index (χ4v) is 2.18. The summed E-state index contributed by atoms with van der Waals surface area (Å²) in [5, 5.41) is 0. The van der Waals surface area contributed by atoms with Crippen molar-refractivity contribution in [1.29, 1.82) is 0 Å². The minimum Gasteiger partial charge on any atom is -0.355 e. The van der Waals surface area contributed by atoms with Crippen molar-refractivity contribution in [3.63, 3.8) is 0 Å². The van der Waals surface area contributed by atoms with Crippen molar-refractivity contribution in [1.82, 2.24) is 4.98 Å². The van der Waals surface area contributed by atoms with Gasteiger partial charge in [0.25, 0.3) is 0 Å². The van der Waals surface area contributed by atoms with Crippen LogP contribution >= 0.6 is 11.6 Å². The summed E-state index contributed by atoms with van der Waals surface area (Å²) >= 11 is 5.79. The van der Waals surface area contributed by atoms with Gasteiger partial charge in [-0.1, -0.05) is 12.1 Å². The summed E-state index contributed by atoms with van der Waals surface area (Å²) in [5.74, 6) is 1.17. The van der Waals surface area contributed by atoms with Gasteiger partial charge in [0.1, 0.15) is 11.6 Å². The molecule has 0 aliphatic carbocycles. The fourth-order valence-electron chi connectivity index (χ4n) is 2.04. The van der Waals surface area contributed by atoms with E-state index in [0.717, 1.165) is 22.5 Å². The van der Waals surface area contributed by atoms with Crippen LogP contribution in [0.2, 0.25) is 0 Å². The predicted octanol–water partition coefficient (Wildman–Crippen LogP) is 3.90. The Morgan fingerprint density at radius 2 is 1.89 bits per heavy atom. The van der Waals surface area contributed by atoms with E-state index >= 15 is 0 Å². The lowest BCUT2D eigenvalue weighted by atomic mass is 10.2. The average molecular weight is 279 g/mol. The lowest BCUT2D eigenvalue weighted by Gasteiger charge is -2.20. The first kappa shape index (κ1) is 13.8. The highest BCUT2D eigenvalue weighted by Gasteiger charge is 2.08. The highest BCUT2D eigenvalue weighted by atomic mass is 35.5. The third-order valence-electron chi connectivity index (χ3n) is 2.96. The molecule has 0 fully saturated rings. The second kappa shape index (κ2) is 6.02. The molecule has 2 aromatic rings. The number of halogens is 2. The standard InChI is InChI=1S/C15H16ClFN2/c1-11-7-13(8-16)9-18-15(11)19(2)10-12-3-5-14(17)6-4-12/h3-7,9H,8,10H2,1-2H3. The van der Waals surface area contributed by atoms with Crippen LogP contribution in [0, 0.1) is 12.7 Å². The van der Waals surface area contributed by atoms with E-state index in [-0.39, 0.29) is 5.82 Å². The maximum atomic E-state index is 12.9. The molecule has 0 aliphatic heterocycles. The van der Waals surface area contributed by atoms with Crippen molar-refractivity contribution in [2.75, 3.05) is 11.9 Å². The van der Waals surface area contributed by atoms with Crippen molar-refractivity contribution in [2.24, 2.45) is 0 Å². The molecule has 0 amide bonds. The zero-order valence-corrected chi connectivity index (χ0v) is 11.8. The molecule has 4 heteroatoms. The molecule has 0 bridgehead atoms. The Morgan fingerprint density at radius 1 is 1.21 bits per heavy atom. The van der Waals surface area contributed by atoms with Crippen LogP contribution in [-0.2, 0) is 12.4 Å². The number of nitrogens with zero attached hydrogens (tertiary/aromatic N) is 2. The van der Waals surface area contributed by atoms with E-state index in [1.54, 1.807) is 18.3 Å². The van der Waals surface area contributed by atoms with E-state index in [0.29, 0.717) is 12.4 Å². The first-order valence-electron chi connectivity index (χ1n) is 6.07. The minimum absolute atomic E-state index is 0.216. The molecule has 0 N–H and O–H groups in total. The number of benzene rings is 1. The average Bonchev–Trinajstić information content (AvgIpc) is 2.41. The van der Waals surface area contributed by atoms with Gasteiger partial charge in [-0.25, -0.2) is 9.37 Å². The Morgan fingerprint density at radius 3 is 2.47 bits per heavy atom. The first-order valence-corrected chi connectivity index (χ1v) is 6.60. The highest BCUT2D eigenvalue weighted by molar-refractivity contribution is 6.17. The van der Waals surface area contributed by atoms with Crippen LogP contribution in [-0.4, -0.2) is 12.0 Å². The number of hydrogen-bond donors (Lipinski definition) is 0. The topological polar surface area (TPSA) is 16.1 Å². The number of pyridine rings is 1. The monoisotopic (exact) mass is 278 g/mol. The molecule has 0 saturated carbocycles. The first-order chi connectivity index (χ1) is 9.10. The van der Waals surface area contributed by atoms with Gasteiger partial charge in [-0.15, -0.1) is 11.6 Å². The summed E-state index contributed by atoms with van der Waals surface area (Å²) in [6.45, 7) is 2.70. The molecule has 0 atom stereocenters. The van der Waals surface area contributed by atoms with E-state index < -0.39 is 0 Å². The summed E-state index contributed by atoms with van der Waals surface area (Å²) in [7, 11) is 1.97. The summed E-state index contributed by atoms with van der Waals surface area (Å²) in [6, 6.07) is 8.55. The molecule has 19 heavy (non-hydrogen) atoms. The van der Waals surface area contributed by atoms with E-state index in [4.69, 9.17) is 11.6 Å². The molecular formula is C15H16ClFN2. The summed E-state index contributed by atoms with van der Waals surface area (Å²) in [5.41, 5.74) is 3.15. The Bertz CT molecular complexity index is 555. The Hall–Kier alpha value is -1.61. The van der Waals surface area contributed by atoms with Gasteiger partial charge >= 0.3 is 0 Å². The van der Waals surface area contributed by atoms with Crippen LogP contribution in [0.25, 0.3) is 0 Å². The predicted molar refractivity (Wildman–Crippen MR) is 77.0 cm³/mol. The highest BCUT2D eigenvalue weighted by Crippen LogP contribution is 2.19. The molecule has 1 aromatic heterocycles. The van der Waals surface area contributed by atoms with Gasteiger partial charge < -0.3 is 4.90 Å². The number of hydrogen-bond acceptors (Lipinski definition) is 2. The van der Waals surface area contributed by atoms with Crippen LogP contribution in [0.15, 0.2) is 36.5 Å². The van der Waals surface area contributed by atoms with Gasteiger partial charge in [-0.2, -0.15) is 0 Å². The number of anilines is 1. The van der Waals surface area contributed by atoms with Gasteiger partial charge in [0, 0.05) is 25.7 Å². The third-order valence-corrected chi connectivity index (χ3v) is 3.26. The second-order valence-corrected chi connectivity index (χ2v) is 4.87. The van der Waals surface area contributed by atoms with E-state index in [9.17, 15) is 4.39 Å². The van der Waals surface area contributed by atoms with E-state index in [2.05, 4.69) is 4.98 Å². The molecule has 0 spiro atoms. The van der Waals surface area contributed by atoms with Crippen LogP contribution in [0.5, 0.6) is 0 Å². The fraction of sp³-hybridized carbons (Fsp3) is 0.267. The molecule has 1 aromatic carbocycles. The summed E-state index contributed by atoms with van der Waals surface area (Å²) in [4.78, 5) is 6.47. The zero-order chi connectivity index (χ0) is 13.8. The molecule has 0 saturated heterocycles. The molecular weight excluding hydrogens is 263 g/mol. The largest absolute Gasteiger partial charge is 0.355 e. The molecule has 1 heterocycles. The minimum atomic E-state index is -0.216. The SMILES string of the molecule is Cc1cc(CCl)cnc1N(C)Cc1ccc(F)cc1. The number of alkyl halides is 1. The molecule has 2 rings (SSSR count). The Balaban J connectivity index is 2.15. The van der Waals surface area contributed by atoms with Crippen molar-refractivity contribution >= 4 is 17.4 Å². The second-order valence-electron chi connectivity index (χ2n) is 4.60. The molecule has 0 aliphatic rings. The van der Waals surface area contributed by atoms with Crippen LogP contribution in [0.3, 0.4) is 0 Å². The van der Waals surface area contributed by atoms with Gasteiger partial charge in [-0.05, 0) is 41.8 Å². The number of aryl methyl sites for hydroxylation is 1. The smallest absolute Gasteiger partial charge is 0.131 e. The van der Waals surface area contributed by atoms with E-state index in [1.165, 1.54) is 12.1 Å². The molecule has 2 nitrogen and oxygen atoms in total. The van der Waals surface area contributed by atoms with Crippen molar-refractivity contribution in [2.45, 2.75) is 19.3 Å².